The Bertz CT molecular complexity index is 613. The first-order valence-electron chi connectivity index (χ1n) is 8.82. The average Bonchev–Trinajstić information content (AvgIpc) is 2.63. The summed E-state index contributed by atoms with van der Waals surface area (Å²) in [5.41, 5.74) is 3.40. The van der Waals surface area contributed by atoms with Crippen LogP contribution >= 0.6 is 0 Å². The Kier molecular flexibility index (Phi) is 6.00. The van der Waals surface area contributed by atoms with Crippen molar-refractivity contribution < 1.29 is 13.9 Å². The fourth-order valence-electron chi connectivity index (χ4n) is 3.12. The molecule has 2 nitrogen and oxygen atoms in total. The molecule has 0 aromatic heterocycles. The highest BCUT2D eigenvalue weighted by Crippen LogP contribution is 2.22. The number of benzene rings is 2. The van der Waals surface area contributed by atoms with Crippen molar-refractivity contribution in [1.82, 2.24) is 0 Å². The third-order valence-corrected chi connectivity index (χ3v) is 4.53. The molecule has 2 aromatic rings. The molecule has 0 atom stereocenters. The first-order chi connectivity index (χ1) is 11.7. The van der Waals surface area contributed by atoms with Gasteiger partial charge in [-0.15, -0.1) is 0 Å². The molecule has 0 unspecified atom stereocenters. The van der Waals surface area contributed by atoms with E-state index in [1.165, 1.54) is 30.5 Å². The van der Waals surface area contributed by atoms with Crippen LogP contribution in [0.5, 0.6) is 0 Å². The van der Waals surface area contributed by atoms with Crippen molar-refractivity contribution in [2.45, 2.75) is 38.9 Å². The molecule has 24 heavy (non-hydrogen) atoms. The summed E-state index contributed by atoms with van der Waals surface area (Å²) in [4.78, 5) is 0. The maximum atomic E-state index is 13.0. The third kappa shape index (κ3) is 4.65. The van der Waals surface area contributed by atoms with E-state index in [1.54, 1.807) is 12.1 Å². The van der Waals surface area contributed by atoms with Gasteiger partial charge in [0, 0.05) is 12.3 Å². The number of rotatable bonds is 6. The Balaban J connectivity index is 1.49. The molecular formula is C21H25FO2. The van der Waals surface area contributed by atoms with E-state index in [2.05, 4.69) is 31.2 Å². The van der Waals surface area contributed by atoms with Crippen LogP contribution in [0.4, 0.5) is 4.39 Å². The van der Waals surface area contributed by atoms with E-state index in [9.17, 15) is 4.39 Å². The molecule has 0 N–H and O–H groups in total. The zero-order valence-corrected chi connectivity index (χ0v) is 14.2. The van der Waals surface area contributed by atoms with E-state index >= 15 is 0 Å². The van der Waals surface area contributed by atoms with Gasteiger partial charge in [0.2, 0.25) is 0 Å². The molecule has 1 fully saturated rings. The maximum absolute atomic E-state index is 13.0. The Labute approximate surface area is 143 Å². The molecule has 0 spiro atoms. The lowest BCUT2D eigenvalue weighted by Crippen LogP contribution is -2.32. The van der Waals surface area contributed by atoms with Crippen molar-refractivity contribution in [2.75, 3.05) is 13.2 Å². The maximum Gasteiger partial charge on any atom is 0.157 e. The normalized spacial score (nSPS) is 20.9. The van der Waals surface area contributed by atoms with E-state index in [0.717, 1.165) is 37.2 Å². The lowest BCUT2D eigenvalue weighted by atomic mass is 10.0. The van der Waals surface area contributed by atoms with Gasteiger partial charge in [0.15, 0.2) is 6.29 Å². The SMILES string of the molecule is CCCC1COC(CCc2ccc(-c3ccc(F)cc3)cc2)OC1. The van der Waals surface area contributed by atoms with Crippen LogP contribution in [0.2, 0.25) is 0 Å². The molecule has 1 heterocycles. The van der Waals surface area contributed by atoms with Gasteiger partial charge >= 0.3 is 0 Å². The van der Waals surface area contributed by atoms with Gasteiger partial charge in [0.1, 0.15) is 5.82 Å². The lowest BCUT2D eigenvalue weighted by Gasteiger charge is -2.29. The third-order valence-electron chi connectivity index (χ3n) is 4.53. The van der Waals surface area contributed by atoms with Crippen LogP contribution in [0.1, 0.15) is 31.7 Å². The van der Waals surface area contributed by atoms with Crippen molar-refractivity contribution in [1.29, 1.82) is 0 Å². The highest BCUT2D eigenvalue weighted by Gasteiger charge is 2.21. The molecular weight excluding hydrogens is 303 g/mol. The van der Waals surface area contributed by atoms with Gasteiger partial charge in [-0.3, -0.25) is 0 Å². The van der Waals surface area contributed by atoms with Crippen LogP contribution in [0.3, 0.4) is 0 Å². The van der Waals surface area contributed by atoms with Crippen molar-refractivity contribution >= 4 is 0 Å². The highest BCUT2D eigenvalue weighted by atomic mass is 19.1. The molecule has 128 valence electrons. The first kappa shape index (κ1) is 17.1. The molecule has 2 aromatic carbocycles. The van der Waals surface area contributed by atoms with E-state index in [1.807, 2.05) is 0 Å². The number of ether oxygens (including phenoxy) is 2. The summed E-state index contributed by atoms with van der Waals surface area (Å²) in [5, 5.41) is 0. The predicted octanol–water partition coefficient (Wildman–Crippen LogP) is 5.21. The number of aryl methyl sites for hydroxylation is 1. The summed E-state index contributed by atoms with van der Waals surface area (Å²) in [7, 11) is 0. The summed E-state index contributed by atoms with van der Waals surface area (Å²) in [6.07, 6.45) is 4.11. The molecule has 1 aliphatic heterocycles. The van der Waals surface area contributed by atoms with Crippen LogP contribution in [-0.2, 0) is 15.9 Å². The molecule has 3 heteroatoms. The lowest BCUT2D eigenvalue weighted by molar-refractivity contribution is -0.203. The number of hydrogen-bond acceptors (Lipinski definition) is 2. The van der Waals surface area contributed by atoms with E-state index < -0.39 is 0 Å². The van der Waals surface area contributed by atoms with Gasteiger partial charge in [-0.2, -0.15) is 0 Å². The Morgan fingerprint density at radius 3 is 2.04 bits per heavy atom. The van der Waals surface area contributed by atoms with Crippen molar-refractivity contribution in [3.05, 3.63) is 59.9 Å². The number of hydrogen-bond donors (Lipinski definition) is 0. The average molecular weight is 328 g/mol. The van der Waals surface area contributed by atoms with E-state index in [-0.39, 0.29) is 12.1 Å². The molecule has 1 aliphatic rings. The molecule has 0 bridgehead atoms. The van der Waals surface area contributed by atoms with E-state index in [0.29, 0.717) is 5.92 Å². The van der Waals surface area contributed by atoms with Crippen LogP contribution in [-0.4, -0.2) is 19.5 Å². The minimum absolute atomic E-state index is 0.0742. The Morgan fingerprint density at radius 2 is 1.46 bits per heavy atom. The highest BCUT2D eigenvalue weighted by molar-refractivity contribution is 5.63. The zero-order valence-electron chi connectivity index (χ0n) is 14.2. The van der Waals surface area contributed by atoms with Gasteiger partial charge in [-0.1, -0.05) is 49.7 Å². The monoisotopic (exact) mass is 328 g/mol. The zero-order chi connectivity index (χ0) is 16.8. The summed E-state index contributed by atoms with van der Waals surface area (Å²) < 4.78 is 24.6. The van der Waals surface area contributed by atoms with Crippen LogP contribution < -0.4 is 0 Å². The smallest absolute Gasteiger partial charge is 0.157 e. The number of halogens is 1. The first-order valence-corrected chi connectivity index (χ1v) is 8.82. The second kappa shape index (κ2) is 8.41. The fraction of sp³-hybridized carbons (Fsp3) is 0.429. The molecule has 3 rings (SSSR count). The van der Waals surface area contributed by atoms with Crippen LogP contribution in [0, 0.1) is 11.7 Å². The molecule has 0 aliphatic carbocycles. The largest absolute Gasteiger partial charge is 0.352 e. The van der Waals surface area contributed by atoms with Gasteiger partial charge < -0.3 is 9.47 Å². The minimum Gasteiger partial charge on any atom is -0.352 e. The summed E-state index contributed by atoms with van der Waals surface area (Å²) in [5.74, 6) is 0.352. The Hall–Kier alpha value is -1.71. The molecule has 0 amide bonds. The van der Waals surface area contributed by atoms with Gasteiger partial charge in [-0.25, -0.2) is 4.39 Å². The van der Waals surface area contributed by atoms with Gasteiger partial charge in [-0.05, 0) is 41.7 Å². The van der Waals surface area contributed by atoms with Crippen molar-refractivity contribution in [2.24, 2.45) is 5.92 Å². The summed E-state index contributed by atoms with van der Waals surface area (Å²) in [6, 6.07) is 15.0. The second-order valence-corrected chi connectivity index (χ2v) is 6.49. The minimum atomic E-state index is -0.205. The van der Waals surface area contributed by atoms with Crippen molar-refractivity contribution in [3.63, 3.8) is 0 Å². The Morgan fingerprint density at radius 1 is 0.875 bits per heavy atom. The molecule has 1 saturated heterocycles. The molecule has 0 radical (unpaired) electrons. The summed E-state index contributed by atoms with van der Waals surface area (Å²) in [6.45, 7) is 3.84. The quantitative estimate of drug-likeness (QED) is 0.724. The van der Waals surface area contributed by atoms with Crippen molar-refractivity contribution in [3.8, 4) is 11.1 Å². The fourth-order valence-corrected chi connectivity index (χ4v) is 3.12. The second-order valence-electron chi connectivity index (χ2n) is 6.49. The van der Waals surface area contributed by atoms with Crippen LogP contribution in [0.25, 0.3) is 11.1 Å². The standard InChI is InChI=1S/C21H25FO2/c1-2-3-17-14-23-21(24-15-17)13-6-16-4-7-18(8-5-16)19-9-11-20(22)12-10-19/h4-5,7-12,17,21H,2-3,6,13-15H2,1H3. The predicted molar refractivity (Wildman–Crippen MR) is 94.2 cm³/mol. The topological polar surface area (TPSA) is 18.5 Å². The van der Waals surface area contributed by atoms with E-state index in [4.69, 9.17) is 9.47 Å². The molecule has 0 saturated carbocycles. The van der Waals surface area contributed by atoms with Gasteiger partial charge in [0.25, 0.3) is 0 Å². The van der Waals surface area contributed by atoms with Gasteiger partial charge in [0.05, 0.1) is 13.2 Å². The van der Waals surface area contributed by atoms with Crippen LogP contribution in [0.15, 0.2) is 48.5 Å². The summed E-state index contributed by atoms with van der Waals surface area (Å²) >= 11 is 0.